The maximum absolute atomic E-state index is 5.61. The average Bonchev–Trinajstić information content (AvgIpc) is 3.03. The Bertz CT molecular complexity index is 367. The molecular weight excluding hydrogens is 230 g/mol. The average molecular weight is 253 g/mol. The first-order valence-corrected chi connectivity index (χ1v) is 6.92. The van der Waals surface area contributed by atoms with Crippen LogP contribution in [0.2, 0.25) is 0 Å². The topological polar surface area (TPSA) is 60.2 Å². The van der Waals surface area contributed by atoms with Gasteiger partial charge in [0.2, 0.25) is 11.7 Å². The van der Waals surface area contributed by atoms with Gasteiger partial charge in [0, 0.05) is 12.6 Å². The van der Waals surface area contributed by atoms with Crippen molar-refractivity contribution in [1.29, 1.82) is 0 Å². The molecule has 0 aliphatic heterocycles. The minimum absolute atomic E-state index is 0.0399. The van der Waals surface area contributed by atoms with Gasteiger partial charge >= 0.3 is 0 Å². The van der Waals surface area contributed by atoms with E-state index in [-0.39, 0.29) is 6.10 Å². The summed E-state index contributed by atoms with van der Waals surface area (Å²) in [6.07, 6.45) is 4.35. The summed E-state index contributed by atoms with van der Waals surface area (Å²) in [6, 6.07) is 0.463. The van der Waals surface area contributed by atoms with Crippen LogP contribution in [0, 0.1) is 0 Å². The highest BCUT2D eigenvalue weighted by Gasteiger charge is 2.32. The van der Waals surface area contributed by atoms with Gasteiger partial charge in [0.15, 0.2) is 0 Å². The van der Waals surface area contributed by atoms with Crippen LogP contribution in [-0.2, 0) is 4.74 Å². The van der Waals surface area contributed by atoms with Gasteiger partial charge in [0.1, 0.15) is 6.10 Å². The summed E-state index contributed by atoms with van der Waals surface area (Å²) in [5.74, 6) is 1.81. The van der Waals surface area contributed by atoms with Crippen molar-refractivity contribution in [1.82, 2.24) is 15.5 Å². The van der Waals surface area contributed by atoms with Crippen molar-refractivity contribution in [3.05, 3.63) is 11.7 Å². The highest BCUT2D eigenvalue weighted by Crippen LogP contribution is 2.34. The molecule has 18 heavy (non-hydrogen) atoms. The van der Waals surface area contributed by atoms with Crippen LogP contribution < -0.4 is 5.32 Å². The van der Waals surface area contributed by atoms with Gasteiger partial charge in [0.05, 0.1) is 5.92 Å². The molecule has 1 N–H and O–H groups in total. The van der Waals surface area contributed by atoms with E-state index in [1.807, 2.05) is 14.0 Å². The monoisotopic (exact) mass is 253 g/mol. The summed E-state index contributed by atoms with van der Waals surface area (Å²) in [7, 11) is 2.00. The van der Waals surface area contributed by atoms with E-state index in [0.29, 0.717) is 24.4 Å². The predicted octanol–water partition coefficient (Wildman–Crippen LogP) is 2.41. The van der Waals surface area contributed by atoms with E-state index in [1.54, 1.807) is 0 Å². The minimum atomic E-state index is -0.0399. The summed E-state index contributed by atoms with van der Waals surface area (Å²) in [5.41, 5.74) is 0. The number of nitrogens with one attached hydrogen (secondary N) is 1. The number of nitrogens with zero attached hydrogens (tertiary/aromatic N) is 2. The number of hydrogen-bond donors (Lipinski definition) is 1. The zero-order valence-electron chi connectivity index (χ0n) is 11.5. The van der Waals surface area contributed by atoms with E-state index in [2.05, 4.69) is 22.4 Å². The summed E-state index contributed by atoms with van der Waals surface area (Å²) in [4.78, 5) is 4.54. The smallest absolute Gasteiger partial charge is 0.231 e. The second kappa shape index (κ2) is 6.29. The Morgan fingerprint density at radius 2 is 2.28 bits per heavy atom. The van der Waals surface area contributed by atoms with Crippen molar-refractivity contribution in [2.24, 2.45) is 0 Å². The lowest BCUT2D eigenvalue weighted by Gasteiger charge is -2.14. The van der Waals surface area contributed by atoms with E-state index < -0.39 is 0 Å². The second-order valence-electron chi connectivity index (χ2n) is 4.78. The van der Waals surface area contributed by atoms with Crippen molar-refractivity contribution >= 4 is 0 Å². The van der Waals surface area contributed by atoms with Crippen molar-refractivity contribution < 1.29 is 9.26 Å². The fourth-order valence-electron chi connectivity index (χ4n) is 2.71. The van der Waals surface area contributed by atoms with Gasteiger partial charge in [-0.3, -0.25) is 0 Å². The predicted molar refractivity (Wildman–Crippen MR) is 68.4 cm³/mol. The van der Waals surface area contributed by atoms with E-state index >= 15 is 0 Å². The zero-order valence-corrected chi connectivity index (χ0v) is 11.5. The van der Waals surface area contributed by atoms with Crippen LogP contribution in [0.5, 0.6) is 0 Å². The zero-order chi connectivity index (χ0) is 13.0. The highest BCUT2D eigenvalue weighted by atomic mass is 16.5. The first kappa shape index (κ1) is 13.5. The maximum atomic E-state index is 5.61. The number of ether oxygens (including phenoxy) is 1. The van der Waals surface area contributed by atoms with Gasteiger partial charge in [-0.1, -0.05) is 18.5 Å². The standard InChI is InChI=1S/C13H23N3O2/c1-4-11(17-5-2)12-15-13(18-16-12)9-7-6-8-10(9)14-3/h9-11,14H,4-8H2,1-3H3. The normalized spacial score (nSPS) is 25.5. The molecule has 2 rings (SSSR count). The molecule has 1 aliphatic rings. The Balaban J connectivity index is 2.09. The minimum Gasteiger partial charge on any atom is -0.370 e. The molecule has 1 fully saturated rings. The Hall–Kier alpha value is -0.940. The molecule has 1 aromatic heterocycles. The molecule has 0 bridgehead atoms. The summed E-state index contributed by atoms with van der Waals surface area (Å²) < 4.78 is 11.0. The summed E-state index contributed by atoms with van der Waals surface area (Å²) in [5, 5.41) is 7.41. The fourth-order valence-corrected chi connectivity index (χ4v) is 2.71. The Morgan fingerprint density at radius 1 is 1.44 bits per heavy atom. The van der Waals surface area contributed by atoms with Gasteiger partial charge in [0.25, 0.3) is 0 Å². The molecule has 1 aromatic rings. The molecule has 1 aliphatic carbocycles. The van der Waals surface area contributed by atoms with Crippen molar-refractivity contribution in [3.8, 4) is 0 Å². The molecule has 0 amide bonds. The van der Waals surface area contributed by atoms with E-state index in [1.165, 1.54) is 12.8 Å². The number of likely N-dealkylation sites (N-methyl/N-ethyl adjacent to an activating group) is 1. The lowest BCUT2D eigenvalue weighted by Crippen LogP contribution is -2.27. The quantitative estimate of drug-likeness (QED) is 0.843. The maximum Gasteiger partial charge on any atom is 0.231 e. The molecule has 5 heteroatoms. The van der Waals surface area contributed by atoms with Crippen LogP contribution in [0.1, 0.15) is 63.3 Å². The van der Waals surface area contributed by atoms with Crippen LogP contribution in [-0.4, -0.2) is 29.8 Å². The Kier molecular flexibility index (Phi) is 4.72. The van der Waals surface area contributed by atoms with Crippen LogP contribution in [0.3, 0.4) is 0 Å². The van der Waals surface area contributed by atoms with Gasteiger partial charge in [-0.25, -0.2) is 0 Å². The number of hydrogen-bond acceptors (Lipinski definition) is 5. The third-order valence-corrected chi connectivity index (χ3v) is 3.69. The third kappa shape index (κ3) is 2.72. The van der Waals surface area contributed by atoms with Crippen LogP contribution in [0.15, 0.2) is 4.52 Å². The van der Waals surface area contributed by atoms with Gasteiger partial charge in [-0.15, -0.1) is 0 Å². The van der Waals surface area contributed by atoms with Gasteiger partial charge < -0.3 is 14.6 Å². The molecule has 102 valence electrons. The molecule has 1 saturated carbocycles. The van der Waals surface area contributed by atoms with Crippen molar-refractivity contribution in [3.63, 3.8) is 0 Å². The first-order chi connectivity index (χ1) is 8.80. The molecular formula is C13H23N3O2. The summed E-state index contributed by atoms with van der Waals surface area (Å²) >= 11 is 0. The van der Waals surface area contributed by atoms with E-state index in [0.717, 1.165) is 18.7 Å². The molecule has 0 radical (unpaired) electrons. The molecule has 0 spiro atoms. The molecule has 5 nitrogen and oxygen atoms in total. The third-order valence-electron chi connectivity index (χ3n) is 3.69. The van der Waals surface area contributed by atoms with Crippen LogP contribution in [0.25, 0.3) is 0 Å². The lowest BCUT2D eigenvalue weighted by atomic mass is 10.0. The van der Waals surface area contributed by atoms with Gasteiger partial charge in [-0.05, 0) is 33.2 Å². The van der Waals surface area contributed by atoms with Crippen LogP contribution in [0.4, 0.5) is 0 Å². The first-order valence-electron chi connectivity index (χ1n) is 6.92. The fraction of sp³-hybridized carbons (Fsp3) is 0.846. The van der Waals surface area contributed by atoms with Crippen molar-refractivity contribution in [2.45, 2.75) is 57.6 Å². The van der Waals surface area contributed by atoms with Gasteiger partial charge in [-0.2, -0.15) is 4.98 Å². The van der Waals surface area contributed by atoms with E-state index in [4.69, 9.17) is 9.26 Å². The second-order valence-corrected chi connectivity index (χ2v) is 4.78. The number of aromatic nitrogens is 2. The number of rotatable bonds is 6. The highest BCUT2D eigenvalue weighted by molar-refractivity contribution is 5.03. The summed E-state index contributed by atoms with van der Waals surface area (Å²) in [6.45, 7) is 4.73. The molecule has 1 heterocycles. The largest absolute Gasteiger partial charge is 0.370 e. The van der Waals surface area contributed by atoms with Crippen molar-refractivity contribution in [2.75, 3.05) is 13.7 Å². The molecule has 0 aromatic carbocycles. The SMILES string of the molecule is CCOC(CC)c1noc(C2CCCC2NC)n1. The van der Waals surface area contributed by atoms with Crippen LogP contribution >= 0.6 is 0 Å². The Morgan fingerprint density at radius 3 is 2.94 bits per heavy atom. The molecule has 3 unspecified atom stereocenters. The molecule has 3 atom stereocenters. The molecule has 0 saturated heterocycles. The van der Waals surface area contributed by atoms with E-state index in [9.17, 15) is 0 Å². The Labute approximate surface area is 108 Å². The lowest BCUT2D eigenvalue weighted by molar-refractivity contribution is 0.0518.